The van der Waals surface area contributed by atoms with Crippen LogP contribution in [0.1, 0.15) is 29.0 Å². The Balaban J connectivity index is 1.98. The Morgan fingerprint density at radius 2 is 1.71 bits per heavy atom. The highest BCUT2D eigenvalue weighted by molar-refractivity contribution is 6.30. The SMILES string of the molecule is Cc1cccc(C)c1OCCC(C#N)c1ccc(Cl)cc1. The van der Waals surface area contributed by atoms with E-state index in [1.54, 1.807) is 0 Å². The molecule has 0 radical (unpaired) electrons. The van der Waals surface area contributed by atoms with Crippen LogP contribution >= 0.6 is 11.6 Å². The third kappa shape index (κ3) is 4.00. The minimum atomic E-state index is -0.174. The first kappa shape index (κ1) is 15.4. The average molecular weight is 300 g/mol. The monoisotopic (exact) mass is 299 g/mol. The van der Waals surface area contributed by atoms with Crippen LogP contribution < -0.4 is 4.74 Å². The summed E-state index contributed by atoms with van der Waals surface area (Å²) in [4.78, 5) is 0. The Hall–Kier alpha value is -1.98. The predicted octanol–water partition coefficient (Wildman–Crippen LogP) is 5.03. The summed E-state index contributed by atoms with van der Waals surface area (Å²) in [6.07, 6.45) is 0.659. The Morgan fingerprint density at radius 3 is 2.29 bits per heavy atom. The molecular weight excluding hydrogens is 282 g/mol. The Labute approximate surface area is 130 Å². The first-order valence-electron chi connectivity index (χ1n) is 6.96. The van der Waals surface area contributed by atoms with Gasteiger partial charge in [0.25, 0.3) is 0 Å². The summed E-state index contributed by atoms with van der Waals surface area (Å²) >= 11 is 5.87. The molecule has 0 N–H and O–H groups in total. The van der Waals surface area contributed by atoms with Crippen LogP contribution in [0.2, 0.25) is 5.02 Å². The normalized spacial score (nSPS) is 11.7. The highest BCUT2D eigenvalue weighted by Crippen LogP contribution is 2.25. The Morgan fingerprint density at radius 1 is 1.10 bits per heavy atom. The molecule has 108 valence electrons. The number of hydrogen-bond acceptors (Lipinski definition) is 2. The van der Waals surface area contributed by atoms with Gasteiger partial charge in [-0.2, -0.15) is 5.26 Å². The number of para-hydroxylation sites is 1. The molecule has 0 aliphatic heterocycles. The van der Waals surface area contributed by atoms with Crippen molar-refractivity contribution in [1.29, 1.82) is 5.26 Å². The molecule has 0 saturated carbocycles. The van der Waals surface area contributed by atoms with Gasteiger partial charge in [-0.05, 0) is 42.7 Å². The number of nitriles is 1. The van der Waals surface area contributed by atoms with E-state index in [9.17, 15) is 5.26 Å². The van der Waals surface area contributed by atoms with Gasteiger partial charge in [0.15, 0.2) is 0 Å². The number of rotatable bonds is 5. The summed E-state index contributed by atoms with van der Waals surface area (Å²) in [6, 6.07) is 15.8. The van der Waals surface area contributed by atoms with Gasteiger partial charge < -0.3 is 4.74 Å². The van der Waals surface area contributed by atoms with Gasteiger partial charge in [-0.15, -0.1) is 0 Å². The lowest BCUT2D eigenvalue weighted by Crippen LogP contribution is -2.06. The first-order chi connectivity index (χ1) is 10.1. The molecular formula is C18H18ClNO. The number of nitrogens with zero attached hydrogens (tertiary/aromatic N) is 1. The zero-order valence-electron chi connectivity index (χ0n) is 12.3. The molecule has 0 saturated heterocycles. The zero-order chi connectivity index (χ0) is 15.2. The number of hydrogen-bond donors (Lipinski definition) is 0. The molecule has 3 heteroatoms. The average Bonchev–Trinajstić information content (AvgIpc) is 2.47. The van der Waals surface area contributed by atoms with Crippen molar-refractivity contribution in [1.82, 2.24) is 0 Å². The van der Waals surface area contributed by atoms with Crippen LogP contribution in [0.4, 0.5) is 0 Å². The molecule has 0 aliphatic rings. The first-order valence-corrected chi connectivity index (χ1v) is 7.33. The maximum absolute atomic E-state index is 9.32. The second-order valence-corrected chi connectivity index (χ2v) is 5.53. The van der Waals surface area contributed by atoms with E-state index in [1.807, 2.05) is 56.3 Å². The maximum Gasteiger partial charge on any atom is 0.125 e. The minimum Gasteiger partial charge on any atom is -0.493 e. The highest BCUT2D eigenvalue weighted by Gasteiger charge is 2.11. The van der Waals surface area contributed by atoms with E-state index in [-0.39, 0.29) is 5.92 Å². The topological polar surface area (TPSA) is 33.0 Å². The zero-order valence-corrected chi connectivity index (χ0v) is 13.0. The number of ether oxygens (including phenoxy) is 1. The lowest BCUT2D eigenvalue weighted by atomic mass is 9.98. The summed E-state index contributed by atoms with van der Waals surface area (Å²) < 4.78 is 5.87. The van der Waals surface area contributed by atoms with Crippen LogP contribution in [-0.2, 0) is 0 Å². The fourth-order valence-corrected chi connectivity index (χ4v) is 2.43. The standard InChI is InChI=1S/C18H18ClNO/c1-13-4-3-5-14(2)18(13)21-11-10-16(12-20)15-6-8-17(19)9-7-15/h3-9,16H,10-11H2,1-2H3. The van der Waals surface area contributed by atoms with Gasteiger partial charge in [0.05, 0.1) is 18.6 Å². The van der Waals surface area contributed by atoms with Crippen molar-refractivity contribution in [3.8, 4) is 11.8 Å². The molecule has 0 bridgehead atoms. The molecule has 0 fully saturated rings. The van der Waals surface area contributed by atoms with Gasteiger partial charge in [-0.1, -0.05) is 41.9 Å². The van der Waals surface area contributed by atoms with Crippen LogP contribution in [0, 0.1) is 25.2 Å². The van der Waals surface area contributed by atoms with Gasteiger partial charge in [0, 0.05) is 11.4 Å². The molecule has 2 rings (SSSR count). The van der Waals surface area contributed by atoms with Crippen LogP contribution in [-0.4, -0.2) is 6.61 Å². The van der Waals surface area contributed by atoms with Crippen molar-refractivity contribution >= 4 is 11.6 Å². The molecule has 2 aromatic rings. The van der Waals surface area contributed by atoms with E-state index < -0.39 is 0 Å². The highest BCUT2D eigenvalue weighted by atomic mass is 35.5. The van der Waals surface area contributed by atoms with Crippen molar-refractivity contribution in [2.75, 3.05) is 6.61 Å². The summed E-state index contributed by atoms with van der Waals surface area (Å²) in [5.74, 6) is 0.747. The summed E-state index contributed by atoms with van der Waals surface area (Å²) in [6.45, 7) is 4.58. The number of halogens is 1. The fraction of sp³-hybridized carbons (Fsp3) is 0.278. The molecule has 0 aliphatic carbocycles. The van der Waals surface area contributed by atoms with Crippen LogP contribution in [0.15, 0.2) is 42.5 Å². The third-order valence-electron chi connectivity index (χ3n) is 3.49. The van der Waals surface area contributed by atoms with Gasteiger partial charge >= 0.3 is 0 Å². The van der Waals surface area contributed by atoms with E-state index in [4.69, 9.17) is 16.3 Å². The summed E-state index contributed by atoms with van der Waals surface area (Å²) in [7, 11) is 0. The Bertz CT molecular complexity index is 623. The van der Waals surface area contributed by atoms with Crippen molar-refractivity contribution < 1.29 is 4.74 Å². The molecule has 0 aromatic heterocycles. The van der Waals surface area contributed by atoms with Crippen LogP contribution in [0.3, 0.4) is 0 Å². The van der Waals surface area contributed by atoms with E-state index in [1.165, 1.54) is 0 Å². The largest absolute Gasteiger partial charge is 0.493 e. The summed E-state index contributed by atoms with van der Waals surface area (Å²) in [5.41, 5.74) is 3.22. The van der Waals surface area contributed by atoms with Gasteiger partial charge in [-0.25, -0.2) is 0 Å². The molecule has 1 unspecified atom stereocenters. The van der Waals surface area contributed by atoms with Crippen molar-refractivity contribution in [3.05, 3.63) is 64.2 Å². The molecule has 0 spiro atoms. The number of benzene rings is 2. The lowest BCUT2D eigenvalue weighted by Gasteiger charge is -2.14. The van der Waals surface area contributed by atoms with Gasteiger partial charge in [0.2, 0.25) is 0 Å². The maximum atomic E-state index is 9.32. The van der Waals surface area contributed by atoms with Crippen LogP contribution in [0.5, 0.6) is 5.75 Å². The predicted molar refractivity (Wildman–Crippen MR) is 85.8 cm³/mol. The Kier molecular flexibility index (Phi) is 5.25. The molecule has 0 amide bonds. The molecule has 21 heavy (non-hydrogen) atoms. The molecule has 2 aromatic carbocycles. The quantitative estimate of drug-likeness (QED) is 0.775. The van der Waals surface area contributed by atoms with Crippen molar-refractivity contribution in [2.24, 2.45) is 0 Å². The second-order valence-electron chi connectivity index (χ2n) is 5.09. The van der Waals surface area contributed by atoms with Crippen molar-refractivity contribution in [3.63, 3.8) is 0 Å². The third-order valence-corrected chi connectivity index (χ3v) is 3.74. The molecule has 1 atom stereocenters. The van der Waals surface area contributed by atoms with E-state index in [0.29, 0.717) is 18.1 Å². The van der Waals surface area contributed by atoms with Crippen LogP contribution in [0.25, 0.3) is 0 Å². The van der Waals surface area contributed by atoms with Gasteiger partial charge in [-0.3, -0.25) is 0 Å². The lowest BCUT2D eigenvalue weighted by molar-refractivity contribution is 0.302. The van der Waals surface area contributed by atoms with Gasteiger partial charge in [0.1, 0.15) is 5.75 Å². The second kappa shape index (κ2) is 7.15. The fourth-order valence-electron chi connectivity index (χ4n) is 2.31. The summed E-state index contributed by atoms with van der Waals surface area (Å²) in [5, 5.41) is 10.00. The van der Waals surface area contributed by atoms with E-state index in [2.05, 4.69) is 6.07 Å². The molecule has 0 heterocycles. The smallest absolute Gasteiger partial charge is 0.125 e. The number of aryl methyl sites for hydroxylation is 2. The molecule has 2 nitrogen and oxygen atoms in total. The minimum absolute atomic E-state index is 0.174. The van der Waals surface area contributed by atoms with E-state index >= 15 is 0 Å². The van der Waals surface area contributed by atoms with Crippen molar-refractivity contribution in [2.45, 2.75) is 26.2 Å². The van der Waals surface area contributed by atoms with E-state index in [0.717, 1.165) is 22.4 Å².